The third kappa shape index (κ3) is 3.26. The van der Waals surface area contributed by atoms with Crippen LogP contribution < -0.4 is 0 Å². The molecule has 1 unspecified atom stereocenters. The highest BCUT2D eigenvalue weighted by Crippen LogP contribution is 2.15. The van der Waals surface area contributed by atoms with Crippen molar-refractivity contribution in [2.75, 3.05) is 0 Å². The summed E-state index contributed by atoms with van der Waals surface area (Å²) in [6, 6.07) is 11.9. The van der Waals surface area contributed by atoms with E-state index in [1.165, 1.54) is 30.3 Å². The van der Waals surface area contributed by atoms with Crippen LogP contribution in [-0.2, 0) is 16.6 Å². The summed E-state index contributed by atoms with van der Waals surface area (Å²) in [4.78, 5) is 11.2. The Labute approximate surface area is 112 Å². The van der Waals surface area contributed by atoms with Crippen LogP contribution in [0, 0.1) is 5.82 Å². The molecule has 5 heteroatoms. The molecular weight excluding hydrogens is 267 g/mol. The van der Waals surface area contributed by atoms with Gasteiger partial charge < -0.3 is 5.11 Å². The van der Waals surface area contributed by atoms with Crippen molar-refractivity contribution in [2.45, 2.75) is 10.6 Å². The fourth-order valence-corrected chi connectivity index (χ4v) is 2.71. The highest BCUT2D eigenvalue weighted by atomic mass is 32.2. The maximum Gasteiger partial charge on any atom is 0.335 e. The minimum absolute atomic E-state index is 0.0685. The zero-order chi connectivity index (χ0) is 13.8. The summed E-state index contributed by atoms with van der Waals surface area (Å²) < 4.78 is 25.5. The van der Waals surface area contributed by atoms with E-state index in [1.807, 2.05) is 0 Å². The second-order valence-corrected chi connectivity index (χ2v) is 5.36. The van der Waals surface area contributed by atoms with Gasteiger partial charge >= 0.3 is 5.97 Å². The summed E-state index contributed by atoms with van der Waals surface area (Å²) in [5, 5.41) is 8.76. The normalized spacial score (nSPS) is 12.1. The van der Waals surface area contributed by atoms with Crippen LogP contribution in [0.2, 0.25) is 0 Å². The molecule has 0 spiro atoms. The molecule has 0 aliphatic heterocycles. The van der Waals surface area contributed by atoms with E-state index in [0.717, 1.165) is 0 Å². The molecule has 2 aromatic carbocycles. The summed E-state index contributed by atoms with van der Waals surface area (Å²) in [5.74, 6) is -1.36. The minimum atomic E-state index is -1.40. The van der Waals surface area contributed by atoms with Crippen LogP contribution >= 0.6 is 0 Å². The van der Waals surface area contributed by atoms with E-state index in [4.69, 9.17) is 5.11 Å². The van der Waals surface area contributed by atoms with Crippen molar-refractivity contribution >= 4 is 16.8 Å². The second-order valence-electron chi connectivity index (χ2n) is 3.91. The van der Waals surface area contributed by atoms with Gasteiger partial charge in [0.1, 0.15) is 5.82 Å². The molecule has 0 bridgehead atoms. The van der Waals surface area contributed by atoms with Crippen molar-refractivity contribution < 1.29 is 18.5 Å². The molecule has 0 saturated carbocycles. The molecule has 3 nitrogen and oxygen atoms in total. The van der Waals surface area contributed by atoms with Crippen molar-refractivity contribution in [1.82, 2.24) is 0 Å². The molecule has 1 N–H and O–H groups in total. The Bertz CT molecular complexity index is 623. The van der Waals surface area contributed by atoms with Gasteiger partial charge in [-0.1, -0.05) is 18.2 Å². The number of rotatable bonds is 4. The number of halogens is 1. The first-order chi connectivity index (χ1) is 9.08. The smallest absolute Gasteiger partial charge is 0.335 e. The largest absolute Gasteiger partial charge is 0.478 e. The lowest BCUT2D eigenvalue weighted by atomic mass is 10.2. The van der Waals surface area contributed by atoms with Gasteiger partial charge in [-0.3, -0.25) is 4.21 Å². The van der Waals surface area contributed by atoms with Crippen LogP contribution in [0.4, 0.5) is 4.39 Å². The predicted molar refractivity (Wildman–Crippen MR) is 69.9 cm³/mol. The molecule has 0 radical (unpaired) electrons. The van der Waals surface area contributed by atoms with Crippen molar-refractivity contribution in [1.29, 1.82) is 0 Å². The Morgan fingerprint density at radius 2 is 1.74 bits per heavy atom. The molecule has 0 heterocycles. The molecule has 0 saturated heterocycles. The summed E-state index contributed by atoms with van der Waals surface area (Å²) in [5.41, 5.74) is 0.509. The number of hydrogen-bond donors (Lipinski definition) is 1. The monoisotopic (exact) mass is 278 g/mol. The van der Waals surface area contributed by atoms with E-state index in [2.05, 4.69) is 0 Å². The van der Waals surface area contributed by atoms with Crippen LogP contribution in [0.3, 0.4) is 0 Å². The standard InChI is InChI=1S/C14H11FO3S/c15-13-4-2-1-3-11(13)9-19(18)12-7-5-10(6-8-12)14(16)17/h1-8H,9H2,(H,16,17). The Morgan fingerprint density at radius 1 is 1.11 bits per heavy atom. The average Bonchev–Trinajstić information content (AvgIpc) is 2.41. The molecule has 2 aromatic rings. The molecule has 0 aliphatic carbocycles. The topological polar surface area (TPSA) is 54.4 Å². The molecular formula is C14H11FO3S. The second kappa shape index (κ2) is 5.75. The van der Waals surface area contributed by atoms with Crippen molar-refractivity contribution in [3.8, 4) is 0 Å². The molecule has 0 fully saturated rings. The van der Waals surface area contributed by atoms with Gasteiger partial charge in [0.25, 0.3) is 0 Å². The lowest BCUT2D eigenvalue weighted by molar-refractivity contribution is 0.0697. The third-order valence-electron chi connectivity index (χ3n) is 2.61. The minimum Gasteiger partial charge on any atom is -0.478 e. The van der Waals surface area contributed by atoms with E-state index >= 15 is 0 Å². The van der Waals surface area contributed by atoms with E-state index in [0.29, 0.717) is 10.5 Å². The number of carboxylic acids is 1. The van der Waals surface area contributed by atoms with Crippen LogP contribution in [0.5, 0.6) is 0 Å². The van der Waals surface area contributed by atoms with E-state index in [1.54, 1.807) is 18.2 Å². The zero-order valence-electron chi connectivity index (χ0n) is 9.88. The highest BCUT2D eigenvalue weighted by molar-refractivity contribution is 7.84. The number of hydrogen-bond acceptors (Lipinski definition) is 2. The first kappa shape index (κ1) is 13.4. The van der Waals surface area contributed by atoms with Gasteiger partial charge in [-0.25, -0.2) is 9.18 Å². The average molecular weight is 278 g/mol. The predicted octanol–water partition coefficient (Wildman–Crippen LogP) is 2.83. The van der Waals surface area contributed by atoms with Gasteiger partial charge in [0.15, 0.2) is 0 Å². The summed E-state index contributed by atoms with van der Waals surface area (Å²) in [6.07, 6.45) is 0. The Balaban J connectivity index is 2.16. The Hall–Kier alpha value is -2.01. The Morgan fingerprint density at radius 3 is 2.32 bits per heavy atom. The maximum absolute atomic E-state index is 13.4. The number of benzene rings is 2. The van der Waals surface area contributed by atoms with Crippen LogP contribution in [0.25, 0.3) is 0 Å². The molecule has 19 heavy (non-hydrogen) atoms. The number of aromatic carboxylic acids is 1. The third-order valence-corrected chi connectivity index (χ3v) is 3.98. The van der Waals surface area contributed by atoms with E-state index in [-0.39, 0.29) is 11.3 Å². The van der Waals surface area contributed by atoms with E-state index in [9.17, 15) is 13.4 Å². The van der Waals surface area contributed by atoms with Gasteiger partial charge in [0, 0.05) is 10.5 Å². The highest BCUT2D eigenvalue weighted by Gasteiger charge is 2.09. The van der Waals surface area contributed by atoms with Crippen LogP contribution in [0.15, 0.2) is 53.4 Å². The quantitative estimate of drug-likeness (QED) is 0.935. The molecule has 98 valence electrons. The van der Waals surface area contributed by atoms with Crippen molar-refractivity contribution in [3.05, 3.63) is 65.5 Å². The summed E-state index contributed by atoms with van der Waals surface area (Å²) in [6.45, 7) is 0. The maximum atomic E-state index is 13.4. The molecule has 0 amide bonds. The summed E-state index contributed by atoms with van der Waals surface area (Å²) >= 11 is 0. The van der Waals surface area contributed by atoms with Crippen molar-refractivity contribution in [3.63, 3.8) is 0 Å². The molecule has 0 aliphatic rings. The van der Waals surface area contributed by atoms with Crippen LogP contribution in [0.1, 0.15) is 15.9 Å². The van der Waals surface area contributed by atoms with Gasteiger partial charge in [0.05, 0.1) is 22.1 Å². The van der Waals surface area contributed by atoms with Gasteiger partial charge in [0.2, 0.25) is 0 Å². The number of carboxylic acid groups (broad SMARTS) is 1. The zero-order valence-corrected chi connectivity index (χ0v) is 10.7. The fraction of sp³-hybridized carbons (Fsp3) is 0.0714. The SMILES string of the molecule is O=C(O)c1ccc(S(=O)Cc2ccccc2F)cc1. The first-order valence-electron chi connectivity index (χ1n) is 5.53. The fourth-order valence-electron chi connectivity index (χ4n) is 1.59. The molecule has 2 rings (SSSR count). The van der Waals surface area contributed by atoms with Crippen molar-refractivity contribution in [2.24, 2.45) is 0 Å². The van der Waals surface area contributed by atoms with Crippen LogP contribution in [-0.4, -0.2) is 15.3 Å². The lowest BCUT2D eigenvalue weighted by Crippen LogP contribution is -2.00. The first-order valence-corrected chi connectivity index (χ1v) is 6.85. The summed E-state index contributed by atoms with van der Waals surface area (Å²) in [7, 11) is -1.40. The van der Waals surface area contributed by atoms with E-state index < -0.39 is 22.6 Å². The van der Waals surface area contributed by atoms with Gasteiger partial charge in [-0.05, 0) is 30.3 Å². The Kier molecular flexibility index (Phi) is 4.06. The lowest BCUT2D eigenvalue weighted by Gasteiger charge is -2.04. The number of carbonyl (C=O) groups is 1. The molecule has 1 atom stereocenters. The van der Waals surface area contributed by atoms with Gasteiger partial charge in [-0.15, -0.1) is 0 Å². The molecule has 0 aromatic heterocycles. The van der Waals surface area contributed by atoms with Gasteiger partial charge in [-0.2, -0.15) is 0 Å².